The van der Waals surface area contributed by atoms with Crippen LogP contribution in [0.2, 0.25) is 0 Å². The summed E-state index contributed by atoms with van der Waals surface area (Å²) in [6.45, 7) is -3.33. The molecule has 2 saturated heterocycles. The number of carbonyl (C=O) groups is 11. The highest BCUT2D eigenvalue weighted by atomic mass is 16.8. The SMILES string of the molecule is O=C1O[C@H]2[C@@H]3OC(=O)c4cc(O)c(O)c(O)c4-c4c(cc(Oc5c(C(=O)O[C@@H]6O[C@@H]7COC(=O)c8cc(O)c(O)c(O)c8-c8c(cc(O)c(O)c8O)C(=O)O[C@H]7[C@H](OC(=O)c7cc(O)c(O)c(O)c7)[C@H]6OC(=O)c6cc(O)c(O)c(O)c6)cc(O)c(O)c5O)c(O)c4O)C(=O)OC[C@H]2O[C@@H](OC(=O)c2cc(O)c(O)c(O)c2)[C@@H]3OC(=O)c2cc(O)c(O)c3c2[C@@H]2C1=CC(=O)[C@](O)(O3)C2(O)O. The highest BCUT2D eigenvalue weighted by Gasteiger charge is 2.71. The summed E-state index contributed by atoms with van der Waals surface area (Å²) in [7, 11) is 0. The average molecular weight is 1890 g/mol. The summed E-state index contributed by atoms with van der Waals surface area (Å²) in [5, 5.41) is 311. The zero-order valence-electron chi connectivity index (χ0n) is 66.0. The lowest BCUT2D eigenvalue weighted by Crippen LogP contribution is -2.70. The van der Waals surface area contributed by atoms with Gasteiger partial charge in [0.1, 0.15) is 31.0 Å². The topological polar surface area (TPSA) is 883 Å². The maximum Gasteiger partial charge on any atom is 0.344 e. The number of carbonyl (C=O) groups excluding carboxylic acids is 11. The van der Waals surface area contributed by atoms with E-state index in [9.17, 15) is 167 Å². The Bertz CT molecular complexity index is 6790. The van der Waals surface area contributed by atoms with Crippen LogP contribution in [0.1, 0.15) is 105 Å². The van der Waals surface area contributed by atoms with E-state index in [2.05, 4.69) is 0 Å². The molecule has 6 bridgehead atoms. The van der Waals surface area contributed by atoms with Crippen LogP contribution in [0.5, 0.6) is 161 Å². The van der Waals surface area contributed by atoms with Crippen molar-refractivity contribution in [2.75, 3.05) is 13.2 Å². The van der Waals surface area contributed by atoms with Crippen LogP contribution >= 0.6 is 0 Å². The molecule has 6 heterocycles. The van der Waals surface area contributed by atoms with Crippen molar-refractivity contribution in [2.45, 2.75) is 78.9 Å². The summed E-state index contributed by atoms with van der Waals surface area (Å²) in [5.74, 6) is -76.5. The second-order valence-electron chi connectivity index (χ2n) is 29.9. The molecule has 9 aromatic rings. The fourth-order valence-electron chi connectivity index (χ4n) is 15.4. The maximum atomic E-state index is 15.5. The van der Waals surface area contributed by atoms with Gasteiger partial charge in [-0.2, -0.15) is 0 Å². The van der Waals surface area contributed by atoms with Crippen molar-refractivity contribution in [3.8, 4) is 183 Å². The zero-order valence-corrected chi connectivity index (χ0v) is 66.0. The summed E-state index contributed by atoms with van der Waals surface area (Å²) in [5.41, 5.74) is -19.8. The van der Waals surface area contributed by atoms with E-state index in [-0.39, 0.29) is 36.4 Å². The predicted molar refractivity (Wildman–Crippen MR) is 411 cm³/mol. The van der Waals surface area contributed by atoms with Crippen LogP contribution < -0.4 is 9.47 Å². The Balaban J connectivity index is 0.832. The minimum atomic E-state index is -4.21. The molecule has 0 unspecified atom stereocenters. The number of phenols is 25. The minimum Gasteiger partial charge on any atom is -0.504 e. The van der Waals surface area contributed by atoms with Gasteiger partial charge in [-0.05, 0) is 66.7 Å². The van der Waals surface area contributed by atoms with E-state index in [1.165, 1.54) is 0 Å². The third-order valence-electron chi connectivity index (χ3n) is 21.9. The number of fused-ring (bicyclic) bond motifs is 8. The number of esters is 10. The number of aromatic hydroxyl groups is 25. The molecule has 7 aliphatic rings. The zero-order chi connectivity index (χ0) is 98.0. The van der Waals surface area contributed by atoms with Crippen LogP contribution in [0.3, 0.4) is 0 Å². The smallest absolute Gasteiger partial charge is 0.344 e. The van der Waals surface area contributed by atoms with Gasteiger partial charge >= 0.3 is 65.5 Å². The molecule has 2 fully saturated rings. The molecular formula is C82H56O53. The van der Waals surface area contributed by atoms with Gasteiger partial charge in [0.15, 0.2) is 145 Å². The number of ketones is 1. The summed E-state index contributed by atoms with van der Waals surface area (Å²) >= 11 is 0. The van der Waals surface area contributed by atoms with Crippen LogP contribution in [0, 0.1) is 0 Å². The van der Waals surface area contributed by atoms with Crippen LogP contribution in [-0.4, -0.2) is 295 Å². The molecule has 0 radical (unpaired) electrons. The van der Waals surface area contributed by atoms with Crippen molar-refractivity contribution >= 4 is 65.5 Å². The standard InChI is InChI=1S/C82H56O53/c83-26-1-16(2-27(84)47(26)95)69(109)129-65-62-38(14-122-72(112)19-7-32(89)50(98)56(104)41(19)42-20(74(114)127-62)8-33(90)51(99)57(42)105)126-80(67(65)131-70(110)17-3-28(85)48(96)29(86)4-17)134-78(118)25-11-35(92)53(101)60(108)61(25)124-37-12-23-44(59(107)55(37)103)43-21(9-34(91)52(100)58(43)106)75(115)130-66-63-39(15-123-73(23)113)125-79(133-71(111)18-5-30(87)49(97)31(88)6-18)68(66)132-76(116)22-10-36(93)54(102)64-45(22)46-24(77(117)128-63)13-40(94)82(121,135-64)81(46,119)120/h1-13,38-39,46,62-63,65-68,79-80,83-93,95-108,119-121H,14-15H2/t38-,39-,46+,62-,63-,65+,66+,67-,68-,79+,80+,82+/m1/s1. The molecular weight excluding hydrogens is 1830 g/mol. The van der Waals surface area contributed by atoms with Gasteiger partial charge in [0.25, 0.3) is 5.79 Å². The fraction of sp³-hybridized carbons (Fsp3) is 0.183. The molecule has 12 atom stereocenters. The molecule has 0 amide bonds. The van der Waals surface area contributed by atoms with Gasteiger partial charge < -0.3 is 209 Å². The van der Waals surface area contributed by atoms with Crippen molar-refractivity contribution in [3.05, 3.63) is 140 Å². The molecule has 53 heteroatoms. The molecule has 135 heavy (non-hydrogen) atoms. The third kappa shape index (κ3) is 14.4. The number of ether oxygens (including phenoxy) is 14. The maximum absolute atomic E-state index is 15.5. The van der Waals surface area contributed by atoms with E-state index >= 15 is 28.8 Å². The predicted octanol–water partition coefficient (Wildman–Crippen LogP) is 0.965. The van der Waals surface area contributed by atoms with Gasteiger partial charge in [-0.15, -0.1) is 0 Å². The Hall–Kier alpha value is -18.5. The van der Waals surface area contributed by atoms with E-state index in [0.717, 1.165) is 0 Å². The number of hydrogen-bond donors (Lipinski definition) is 28. The second kappa shape index (κ2) is 32.0. The Morgan fingerprint density at radius 3 is 1.16 bits per heavy atom. The summed E-state index contributed by atoms with van der Waals surface area (Å²) < 4.78 is 79.9. The van der Waals surface area contributed by atoms with E-state index in [0.29, 0.717) is 42.5 Å². The Kier molecular flexibility index (Phi) is 21.3. The highest BCUT2D eigenvalue weighted by molar-refractivity contribution is 6.12. The number of hydrogen-bond acceptors (Lipinski definition) is 53. The molecule has 6 aliphatic heterocycles. The third-order valence-corrected chi connectivity index (χ3v) is 21.9. The van der Waals surface area contributed by atoms with E-state index in [1.807, 2.05) is 0 Å². The van der Waals surface area contributed by atoms with Crippen LogP contribution in [0.15, 0.2) is 84.4 Å². The van der Waals surface area contributed by atoms with E-state index < -0.39 is 402 Å². The normalized spacial score (nSPS) is 22.5. The van der Waals surface area contributed by atoms with Crippen molar-refractivity contribution in [3.63, 3.8) is 0 Å². The molecule has 0 saturated carbocycles. The van der Waals surface area contributed by atoms with Crippen molar-refractivity contribution in [1.29, 1.82) is 0 Å². The first-order chi connectivity index (χ1) is 63.4. The largest absolute Gasteiger partial charge is 0.504 e. The first-order valence-corrected chi connectivity index (χ1v) is 37.6. The molecule has 53 nitrogen and oxygen atoms in total. The van der Waals surface area contributed by atoms with Gasteiger partial charge in [-0.25, -0.2) is 47.9 Å². The van der Waals surface area contributed by atoms with Gasteiger partial charge in [0.2, 0.25) is 70.8 Å². The molecule has 16 rings (SSSR count). The first-order valence-electron chi connectivity index (χ1n) is 37.6. The minimum absolute atomic E-state index is 0.0643. The molecule has 702 valence electrons. The number of aliphatic hydroxyl groups is 3. The first kappa shape index (κ1) is 89.9. The lowest BCUT2D eigenvalue weighted by Gasteiger charge is -2.49. The summed E-state index contributed by atoms with van der Waals surface area (Å²) in [6.07, 6.45) is -28.6. The van der Waals surface area contributed by atoms with Crippen LogP contribution in [-0.2, 0) is 66.4 Å². The monoisotopic (exact) mass is 1890 g/mol. The molecule has 1 aliphatic carbocycles. The van der Waals surface area contributed by atoms with Crippen LogP contribution in [0.4, 0.5) is 0 Å². The van der Waals surface area contributed by atoms with Gasteiger partial charge in [0, 0.05) is 39.9 Å². The van der Waals surface area contributed by atoms with E-state index in [1.54, 1.807) is 0 Å². The fourth-order valence-corrected chi connectivity index (χ4v) is 15.4. The van der Waals surface area contributed by atoms with Crippen molar-refractivity contribution in [1.82, 2.24) is 0 Å². The van der Waals surface area contributed by atoms with Gasteiger partial charge in [0.05, 0.1) is 56.0 Å². The molecule has 0 spiro atoms. The number of benzene rings is 9. The second-order valence-corrected chi connectivity index (χ2v) is 29.9. The van der Waals surface area contributed by atoms with Crippen molar-refractivity contribution in [2.24, 2.45) is 0 Å². The Labute approximate surface area is 740 Å². The lowest BCUT2D eigenvalue weighted by molar-refractivity contribution is -0.339. The number of rotatable bonds is 10. The quantitative estimate of drug-likeness (QED) is 0.0392. The number of cyclic esters (lactones) is 2. The van der Waals surface area contributed by atoms with Gasteiger partial charge in [-0.3, -0.25) is 4.79 Å². The van der Waals surface area contributed by atoms with E-state index in [4.69, 9.17) is 66.3 Å². The summed E-state index contributed by atoms with van der Waals surface area (Å²) in [6, 6.07) is 3.47. The Morgan fingerprint density at radius 1 is 0.326 bits per heavy atom. The highest BCUT2D eigenvalue weighted by Crippen LogP contribution is 2.62. The average Bonchev–Trinajstić information content (AvgIpc) is 1.42. The van der Waals surface area contributed by atoms with Crippen molar-refractivity contribution < 1.29 is 262 Å². The summed E-state index contributed by atoms with van der Waals surface area (Å²) in [4.78, 5) is 164. The molecule has 0 aromatic heterocycles. The Morgan fingerprint density at radius 2 is 0.681 bits per heavy atom. The lowest BCUT2D eigenvalue weighted by atomic mass is 9.70. The van der Waals surface area contributed by atoms with Gasteiger partial charge in [-0.1, -0.05) is 0 Å². The molecule has 28 N–H and O–H groups in total. The number of phenolic OH excluding ortho intramolecular Hbond substituents is 25. The van der Waals surface area contributed by atoms with Crippen LogP contribution in [0.25, 0.3) is 22.3 Å². The molecule has 9 aromatic carbocycles.